The number of aromatic nitrogens is 2. The molecule has 8 heteroatoms. The number of Topliss-reactive ketones (excluding diaryl/α,β-unsaturated/α-hetero) is 1. The van der Waals surface area contributed by atoms with E-state index in [0.717, 1.165) is 32.7 Å². The molecule has 3 rings (SSSR count). The van der Waals surface area contributed by atoms with E-state index in [0.29, 0.717) is 11.4 Å². The maximum absolute atomic E-state index is 12.1. The first-order valence-electron chi connectivity index (χ1n) is 8.35. The second-order valence-electron chi connectivity index (χ2n) is 5.82. The Morgan fingerprint density at radius 2 is 2.00 bits per heavy atom. The van der Waals surface area contributed by atoms with Gasteiger partial charge in [0.1, 0.15) is 5.88 Å². The lowest BCUT2D eigenvalue weighted by Gasteiger charge is -2.28. The highest BCUT2D eigenvalue weighted by Gasteiger charge is 2.23. The Morgan fingerprint density at radius 1 is 1.28 bits per heavy atom. The Bertz CT molecular complexity index is 726. The molecule has 1 saturated heterocycles. The summed E-state index contributed by atoms with van der Waals surface area (Å²) in [5.74, 6) is 0.251. The van der Waals surface area contributed by atoms with Crippen molar-refractivity contribution in [2.24, 2.45) is 0 Å². The summed E-state index contributed by atoms with van der Waals surface area (Å²) in [4.78, 5) is 16.5. The maximum atomic E-state index is 12.1. The molecule has 132 valence electrons. The van der Waals surface area contributed by atoms with Gasteiger partial charge in [-0.25, -0.2) is 0 Å². The molecule has 1 aliphatic rings. The largest absolute Gasteiger partial charge is 0.613 e. The Labute approximate surface area is 152 Å². The second kappa shape index (κ2) is 8.17. The van der Waals surface area contributed by atoms with E-state index in [-0.39, 0.29) is 17.2 Å². The van der Waals surface area contributed by atoms with Crippen molar-refractivity contribution >= 4 is 28.9 Å². The van der Waals surface area contributed by atoms with Crippen LogP contribution in [0.4, 0.5) is 5.88 Å². The molecule has 0 atom stereocenters. The number of hydrogen-bond donors (Lipinski definition) is 0. The number of ketones is 1. The summed E-state index contributed by atoms with van der Waals surface area (Å²) < 4.78 is 5.22. The minimum atomic E-state index is -0.0579. The molecule has 0 N–H and O–H groups in total. The highest BCUT2D eigenvalue weighted by molar-refractivity contribution is 7.80. The number of benzene rings is 1. The fourth-order valence-corrected chi connectivity index (χ4v) is 2.92. The van der Waals surface area contributed by atoms with Gasteiger partial charge in [-0.3, -0.25) is 9.69 Å². The normalized spacial score (nSPS) is 15.2. The van der Waals surface area contributed by atoms with Crippen molar-refractivity contribution in [1.29, 1.82) is 0 Å². The molecule has 1 aromatic carbocycles. The number of nitrogens with zero attached hydrogens (tertiary/aromatic N) is 5. The van der Waals surface area contributed by atoms with Gasteiger partial charge in [0.05, 0.1) is 17.9 Å². The summed E-state index contributed by atoms with van der Waals surface area (Å²) in [6.45, 7) is 6.96. The first kappa shape index (κ1) is 17.5. The lowest BCUT2D eigenvalue weighted by Crippen LogP contribution is -2.65. The van der Waals surface area contributed by atoms with Crippen LogP contribution in [-0.4, -0.2) is 53.7 Å². The lowest BCUT2D eigenvalue weighted by molar-refractivity contribution is -0.759. The predicted molar refractivity (Wildman–Crippen MR) is 97.8 cm³/mol. The summed E-state index contributed by atoms with van der Waals surface area (Å²) in [7, 11) is 0. The van der Waals surface area contributed by atoms with Gasteiger partial charge in [-0.2, -0.15) is 5.01 Å². The summed E-state index contributed by atoms with van der Waals surface area (Å²) in [6, 6.07) is 9.05. The number of likely N-dealkylation sites (N-methyl/N-ethyl adjacent to an activating group) is 1. The van der Waals surface area contributed by atoms with Gasteiger partial charge >= 0.3 is 0 Å². The van der Waals surface area contributed by atoms with Gasteiger partial charge in [0, 0.05) is 25.1 Å². The Kier molecular flexibility index (Phi) is 5.72. The van der Waals surface area contributed by atoms with Crippen molar-refractivity contribution in [3.05, 3.63) is 47.4 Å². The van der Waals surface area contributed by atoms with Gasteiger partial charge in [-0.05, 0) is 6.54 Å². The van der Waals surface area contributed by atoms with Crippen LogP contribution in [0, 0.1) is 0 Å². The standard InChI is InChI=1S/C17H21N5O2S/c1-2-20-8-10-21(11-9-20)22-13-16(24-19-22)18-17(25)12-15(23)14-6-4-3-5-7-14/h3-7,13H,2,8-12H2,1H3. The molecule has 25 heavy (non-hydrogen) atoms. The van der Waals surface area contributed by atoms with E-state index in [1.54, 1.807) is 23.1 Å². The third-order valence-electron chi connectivity index (χ3n) is 4.17. The molecule has 1 aromatic heterocycles. The molecule has 0 spiro atoms. The number of hydrogen-bond acceptors (Lipinski definition) is 6. The van der Waals surface area contributed by atoms with E-state index in [2.05, 4.69) is 27.4 Å². The van der Waals surface area contributed by atoms with Crippen LogP contribution in [0.25, 0.3) is 5.32 Å². The monoisotopic (exact) mass is 359 g/mol. The summed E-state index contributed by atoms with van der Waals surface area (Å²) in [5.41, 5.74) is 0.626. The van der Waals surface area contributed by atoms with Gasteiger partial charge in [0.2, 0.25) is 5.27 Å². The van der Waals surface area contributed by atoms with Crippen LogP contribution < -0.4 is 9.80 Å². The number of piperazine rings is 1. The first-order chi connectivity index (χ1) is 12.2. The smallest absolute Gasteiger partial charge is 0.257 e. The highest BCUT2D eigenvalue weighted by Crippen LogP contribution is 2.18. The van der Waals surface area contributed by atoms with E-state index in [1.807, 2.05) is 18.2 Å². The topological polar surface area (TPSA) is 67.6 Å². The van der Waals surface area contributed by atoms with E-state index in [1.165, 1.54) is 0 Å². The van der Waals surface area contributed by atoms with Crippen molar-refractivity contribution in [3.63, 3.8) is 0 Å². The van der Waals surface area contributed by atoms with Gasteiger partial charge in [0.15, 0.2) is 5.78 Å². The highest BCUT2D eigenvalue weighted by atomic mass is 32.1. The number of carbonyl (C=O) groups excluding carboxylic acids is 1. The van der Waals surface area contributed by atoms with E-state index in [9.17, 15) is 4.79 Å². The minimum absolute atomic E-state index is 0.0579. The van der Waals surface area contributed by atoms with Gasteiger partial charge in [0.25, 0.3) is 6.20 Å². The number of rotatable bonds is 6. The van der Waals surface area contributed by atoms with Gasteiger partial charge < -0.3 is 9.84 Å². The third-order valence-corrected chi connectivity index (χ3v) is 4.41. The fourth-order valence-electron chi connectivity index (χ4n) is 2.70. The van der Waals surface area contributed by atoms with Gasteiger partial charge in [-0.15, -0.1) is 12.2 Å². The van der Waals surface area contributed by atoms with Gasteiger partial charge in [-0.1, -0.05) is 42.2 Å². The molecule has 0 aliphatic carbocycles. The molecular formula is C17H21N5O2S. The quantitative estimate of drug-likeness (QED) is 0.445. The minimum Gasteiger partial charge on any atom is -0.613 e. The zero-order chi connectivity index (χ0) is 17.6. The number of carbonyl (C=O) groups is 1. The van der Waals surface area contributed by atoms with Crippen molar-refractivity contribution < 1.29 is 14.1 Å². The zero-order valence-electron chi connectivity index (χ0n) is 14.2. The van der Waals surface area contributed by atoms with E-state index >= 15 is 0 Å². The SMILES string of the molecule is CCN1CCN([n+]2cc([N-]C(=S)CC(=O)c3ccccc3)on2)CC1. The van der Waals surface area contributed by atoms with E-state index in [4.69, 9.17) is 16.7 Å². The van der Waals surface area contributed by atoms with Crippen LogP contribution in [0.2, 0.25) is 0 Å². The van der Waals surface area contributed by atoms with Crippen LogP contribution in [0.15, 0.2) is 41.1 Å². The molecule has 0 saturated carbocycles. The molecule has 1 fully saturated rings. The van der Waals surface area contributed by atoms with Crippen molar-refractivity contribution in [2.75, 3.05) is 37.7 Å². The van der Waals surface area contributed by atoms with Crippen molar-refractivity contribution in [1.82, 2.24) is 10.2 Å². The van der Waals surface area contributed by atoms with Crippen LogP contribution >= 0.6 is 12.2 Å². The first-order valence-corrected chi connectivity index (χ1v) is 8.75. The molecule has 7 nitrogen and oxygen atoms in total. The molecule has 2 heterocycles. The molecule has 2 aromatic rings. The predicted octanol–water partition coefficient (Wildman–Crippen LogP) is 1.84. The maximum Gasteiger partial charge on any atom is 0.257 e. The Morgan fingerprint density at radius 3 is 2.68 bits per heavy atom. The molecule has 0 bridgehead atoms. The summed E-state index contributed by atoms with van der Waals surface area (Å²) >= 11 is 5.20. The average Bonchev–Trinajstić information content (AvgIpc) is 3.10. The molecule has 0 amide bonds. The average molecular weight is 359 g/mol. The van der Waals surface area contributed by atoms with Crippen LogP contribution in [-0.2, 0) is 0 Å². The third kappa shape index (κ3) is 4.61. The fraction of sp³-hybridized carbons (Fsp3) is 0.412. The molecule has 0 unspecified atom stereocenters. The molecular weight excluding hydrogens is 338 g/mol. The van der Waals surface area contributed by atoms with Crippen LogP contribution in [0.1, 0.15) is 23.7 Å². The van der Waals surface area contributed by atoms with Crippen LogP contribution in [0.5, 0.6) is 0 Å². The number of thiocarbonyl (C=S) groups is 1. The summed E-state index contributed by atoms with van der Waals surface area (Å²) in [6.07, 6.45) is 1.77. The van der Waals surface area contributed by atoms with Crippen molar-refractivity contribution in [3.8, 4) is 0 Å². The molecule has 1 aliphatic heterocycles. The second-order valence-corrected chi connectivity index (χ2v) is 6.29. The lowest BCUT2D eigenvalue weighted by atomic mass is 10.1. The van der Waals surface area contributed by atoms with E-state index < -0.39 is 0 Å². The van der Waals surface area contributed by atoms with Crippen molar-refractivity contribution in [2.45, 2.75) is 13.3 Å². The molecule has 0 radical (unpaired) electrons. The Hall–Kier alpha value is -2.32. The zero-order valence-corrected chi connectivity index (χ0v) is 15.0. The van der Waals surface area contributed by atoms with Crippen LogP contribution in [0.3, 0.4) is 0 Å². The Balaban J connectivity index is 1.53. The summed E-state index contributed by atoms with van der Waals surface area (Å²) in [5, 5.41) is 10.3.